The predicted octanol–water partition coefficient (Wildman–Crippen LogP) is 2.37. The lowest BCUT2D eigenvalue weighted by molar-refractivity contribution is -0.124. The average molecular weight is 397 g/mol. The second-order valence-electron chi connectivity index (χ2n) is 7.62. The zero-order chi connectivity index (χ0) is 20.5. The highest BCUT2D eigenvalue weighted by molar-refractivity contribution is 6.15. The molecule has 3 N–H and O–H groups in total. The molecule has 3 fully saturated rings. The summed E-state index contributed by atoms with van der Waals surface area (Å²) in [7, 11) is 0. The van der Waals surface area contributed by atoms with Gasteiger partial charge in [-0.3, -0.25) is 14.9 Å². The number of hydrogen-bond donors (Lipinski definition) is 3. The first kappa shape index (κ1) is 19.4. The molecule has 0 bridgehead atoms. The molecule has 1 aliphatic heterocycles. The highest BCUT2D eigenvalue weighted by Crippen LogP contribution is 2.34. The molecule has 2 aliphatic carbocycles. The van der Waals surface area contributed by atoms with E-state index in [1.54, 1.807) is 16.8 Å². The van der Waals surface area contributed by atoms with Crippen molar-refractivity contribution in [1.29, 1.82) is 0 Å². The first-order chi connectivity index (χ1) is 14.1. The molecule has 2 aromatic rings. The lowest BCUT2D eigenvalue weighted by Crippen LogP contribution is -2.21. The zero-order valence-corrected chi connectivity index (χ0v) is 17.0. The minimum atomic E-state index is -0.356. The van der Waals surface area contributed by atoms with Crippen molar-refractivity contribution in [2.24, 2.45) is 5.92 Å². The lowest BCUT2D eigenvalue weighted by atomic mass is 10.1. The molecule has 9 heteroatoms. The number of nitrogens with one attached hydrogen (secondary N) is 3. The van der Waals surface area contributed by atoms with Gasteiger partial charge in [0.25, 0.3) is 5.91 Å². The maximum atomic E-state index is 11.9. The standard InChI is InChI=1S/C18H21N7O2.C2H6/c1-9(10-2-3-10)20-17-23-15-12(6-11-7-14(26)22-16(11)27)8-19-25(15)18(24-17)21-13-4-5-13;1-2/h6,8-10,13H,2-5,7H2,1H3,(H,22,26,27)(H2,20,21,23,24);1-2H3/b11-6+;/t9-;/m0./s1. The fourth-order valence-electron chi connectivity index (χ4n) is 3.29. The molecule has 2 saturated carbocycles. The van der Waals surface area contributed by atoms with Crippen LogP contribution in [-0.4, -0.2) is 43.5 Å². The number of nitrogens with zero attached hydrogens (tertiary/aromatic N) is 4. The van der Waals surface area contributed by atoms with E-state index in [0.717, 1.165) is 12.8 Å². The van der Waals surface area contributed by atoms with Gasteiger partial charge in [0.1, 0.15) is 0 Å². The number of aromatic nitrogens is 4. The van der Waals surface area contributed by atoms with Gasteiger partial charge in [0.15, 0.2) is 5.65 Å². The van der Waals surface area contributed by atoms with E-state index < -0.39 is 0 Å². The minimum absolute atomic E-state index is 0.0816. The molecular formula is C20H27N7O2. The molecule has 2 amide bonds. The Bertz CT molecular complexity index is 973. The molecule has 154 valence electrons. The third kappa shape index (κ3) is 4.23. The van der Waals surface area contributed by atoms with Crippen molar-refractivity contribution in [3.05, 3.63) is 17.3 Å². The number of imide groups is 1. The van der Waals surface area contributed by atoms with Gasteiger partial charge < -0.3 is 10.6 Å². The summed E-state index contributed by atoms with van der Waals surface area (Å²) in [4.78, 5) is 32.6. The number of fused-ring (bicyclic) bond motifs is 1. The smallest absolute Gasteiger partial charge is 0.254 e. The van der Waals surface area contributed by atoms with Crippen LogP contribution in [0.1, 0.15) is 58.4 Å². The highest BCUT2D eigenvalue weighted by Gasteiger charge is 2.29. The Kier molecular flexibility index (Phi) is 5.21. The van der Waals surface area contributed by atoms with Crippen molar-refractivity contribution in [2.45, 2.75) is 65.0 Å². The van der Waals surface area contributed by atoms with E-state index in [-0.39, 0.29) is 18.2 Å². The summed E-state index contributed by atoms with van der Waals surface area (Å²) >= 11 is 0. The van der Waals surface area contributed by atoms with Crippen LogP contribution in [0.5, 0.6) is 0 Å². The minimum Gasteiger partial charge on any atom is -0.351 e. The topological polar surface area (TPSA) is 113 Å². The first-order valence-corrected chi connectivity index (χ1v) is 10.4. The van der Waals surface area contributed by atoms with Crippen molar-refractivity contribution in [3.8, 4) is 0 Å². The van der Waals surface area contributed by atoms with Gasteiger partial charge in [-0.15, -0.1) is 0 Å². The van der Waals surface area contributed by atoms with E-state index >= 15 is 0 Å². The fraction of sp³-hybridized carbons (Fsp3) is 0.550. The number of anilines is 2. The van der Waals surface area contributed by atoms with Crippen LogP contribution in [0.3, 0.4) is 0 Å². The summed E-state index contributed by atoms with van der Waals surface area (Å²) in [6.45, 7) is 6.15. The highest BCUT2D eigenvalue weighted by atomic mass is 16.2. The average Bonchev–Trinajstić information content (AvgIpc) is 3.62. The van der Waals surface area contributed by atoms with Crippen molar-refractivity contribution in [1.82, 2.24) is 24.9 Å². The van der Waals surface area contributed by atoms with E-state index in [4.69, 9.17) is 0 Å². The summed E-state index contributed by atoms with van der Waals surface area (Å²) in [5, 5.41) is 13.5. The third-order valence-electron chi connectivity index (χ3n) is 5.22. The Morgan fingerprint density at radius 1 is 1.21 bits per heavy atom. The third-order valence-corrected chi connectivity index (χ3v) is 5.22. The summed E-state index contributed by atoms with van der Waals surface area (Å²) in [6.07, 6.45) is 8.12. The second-order valence-corrected chi connectivity index (χ2v) is 7.62. The van der Waals surface area contributed by atoms with Crippen molar-refractivity contribution in [3.63, 3.8) is 0 Å². The van der Waals surface area contributed by atoms with Gasteiger partial charge in [0, 0.05) is 23.2 Å². The van der Waals surface area contributed by atoms with Crippen LogP contribution >= 0.6 is 0 Å². The Morgan fingerprint density at radius 2 is 1.97 bits per heavy atom. The molecule has 0 radical (unpaired) electrons. The molecule has 29 heavy (non-hydrogen) atoms. The van der Waals surface area contributed by atoms with Crippen LogP contribution in [0.2, 0.25) is 0 Å². The first-order valence-electron chi connectivity index (χ1n) is 10.4. The van der Waals surface area contributed by atoms with E-state index in [1.807, 2.05) is 13.8 Å². The number of carbonyl (C=O) groups is 2. The molecule has 3 heterocycles. The van der Waals surface area contributed by atoms with E-state index in [2.05, 4.69) is 37.9 Å². The lowest BCUT2D eigenvalue weighted by Gasteiger charge is -2.14. The summed E-state index contributed by atoms with van der Waals surface area (Å²) < 4.78 is 1.66. The number of hydrogen-bond acceptors (Lipinski definition) is 7. The van der Waals surface area contributed by atoms with Crippen LogP contribution in [0, 0.1) is 5.92 Å². The maximum Gasteiger partial charge on any atom is 0.254 e. The number of amides is 2. The van der Waals surface area contributed by atoms with Crippen molar-refractivity contribution >= 4 is 35.4 Å². The van der Waals surface area contributed by atoms with Gasteiger partial charge in [0.2, 0.25) is 17.8 Å². The Morgan fingerprint density at radius 3 is 2.59 bits per heavy atom. The van der Waals surface area contributed by atoms with Crippen LogP contribution in [-0.2, 0) is 9.59 Å². The Hall–Kier alpha value is -2.97. The van der Waals surface area contributed by atoms with Gasteiger partial charge in [-0.2, -0.15) is 19.6 Å². The quantitative estimate of drug-likeness (QED) is 0.506. The number of rotatable bonds is 6. The molecule has 0 unspecified atom stereocenters. The SMILES string of the molecule is CC.C[C@H](Nc1nc(NC2CC2)n2ncc(/C=C3\CC(=O)NC3=O)c2n1)C1CC1. The largest absolute Gasteiger partial charge is 0.351 e. The van der Waals surface area contributed by atoms with E-state index in [9.17, 15) is 9.59 Å². The van der Waals surface area contributed by atoms with Gasteiger partial charge in [0.05, 0.1) is 12.6 Å². The van der Waals surface area contributed by atoms with Crippen molar-refractivity contribution in [2.75, 3.05) is 10.6 Å². The predicted molar refractivity (Wildman–Crippen MR) is 110 cm³/mol. The Labute approximate surface area is 169 Å². The maximum absolute atomic E-state index is 11.9. The molecule has 9 nitrogen and oxygen atoms in total. The molecule has 3 aliphatic rings. The molecule has 5 rings (SSSR count). The fourth-order valence-corrected chi connectivity index (χ4v) is 3.29. The molecular weight excluding hydrogens is 370 g/mol. The molecule has 0 aromatic carbocycles. The van der Waals surface area contributed by atoms with Crippen LogP contribution in [0.25, 0.3) is 11.7 Å². The monoisotopic (exact) mass is 397 g/mol. The van der Waals surface area contributed by atoms with Gasteiger partial charge in [-0.25, -0.2) is 0 Å². The van der Waals surface area contributed by atoms with Gasteiger partial charge in [-0.05, 0) is 44.6 Å². The van der Waals surface area contributed by atoms with Crippen LogP contribution in [0.4, 0.5) is 11.9 Å². The Balaban J connectivity index is 0.000000994. The summed E-state index contributed by atoms with van der Waals surface area (Å²) in [6, 6.07) is 0.727. The van der Waals surface area contributed by atoms with E-state index in [0.29, 0.717) is 46.7 Å². The van der Waals surface area contributed by atoms with Gasteiger partial charge >= 0.3 is 0 Å². The van der Waals surface area contributed by atoms with E-state index in [1.165, 1.54) is 12.8 Å². The zero-order valence-electron chi connectivity index (χ0n) is 17.0. The summed E-state index contributed by atoms with van der Waals surface area (Å²) in [5.41, 5.74) is 1.72. The van der Waals surface area contributed by atoms with Crippen LogP contribution < -0.4 is 16.0 Å². The normalized spacial score (nSPS) is 21.0. The number of carbonyl (C=O) groups excluding carboxylic acids is 2. The van der Waals surface area contributed by atoms with Gasteiger partial charge in [-0.1, -0.05) is 13.8 Å². The molecule has 2 aromatic heterocycles. The second kappa shape index (κ2) is 7.81. The molecule has 1 saturated heterocycles. The summed E-state index contributed by atoms with van der Waals surface area (Å²) in [5.74, 6) is 1.23. The van der Waals surface area contributed by atoms with Crippen molar-refractivity contribution < 1.29 is 9.59 Å². The molecule has 0 spiro atoms. The van der Waals surface area contributed by atoms with Crippen LogP contribution in [0.15, 0.2) is 11.8 Å². The molecule has 1 atom stereocenters.